The zero-order valence-electron chi connectivity index (χ0n) is 15.7. The Kier molecular flexibility index (Phi) is 4.07. The molecule has 0 N–H and O–H groups in total. The van der Waals surface area contributed by atoms with Crippen molar-refractivity contribution in [3.63, 3.8) is 0 Å². The van der Waals surface area contributed by atoms with Gasteiger partial charge < -0.3 is 14.4 Å². The number of benzene rings is 2. The second-order valence-corrected chi connectivity index (χ2v) is 9.12. The van der Waals surface area contributed by atoms with E-state index in [2.05, 4.69) is 11.8 Å². The number of piperidine rings is 1. The molecule has 0 amide bonds. The third-order valence-electron chi connectivity index (χ3n) is 6.20. The predicted molar refractivity (Wildman–Crippen MR) is 111 cm³/mol. The minimum absolute atomic E-state index is 0.0385. The van der Waals surface area contributed by atoms with Gasteiger partial charge in [-0.3, -0.25) is 0 Å². The van der Waals surface area contributed by atoms with Crippen LogP contribution in [-0.2, 0) is 5.41 Å². The van der Waals surface area contributed by atoms with Crippen LogP contribution >= 0.6 is 23.4 Å². The van der Waals surface area contributed by atoms with Gasteiger partial charge >= 0.3 is 0 Å². The summed E-state index contributed by atoms with van der Waals surface area (Å²) in [4.78, 5) is 7.18. The predicted octanol–water partition coefficient (Wildman–Crippen LogP) is 5.22. The number of likely N-dealkylation sites (tertiary alicyclic amines) is 1. The maximum Gasteiger partial charge on any atom is 0.231 e. The van der Waals surface area contributed by atoms with Crippen LogP contribution in [0.3, 0.4) is 0 Å². The van der Waals surface area contributed by atoms with E-state index < -0.39 is 0 Å². The highest BCUT2D eigenvalue weighted by Crippen LogP contribution is 2.69. The number of hydrogen-bond donors (Lipinski definition) is 0. The first-order chi connectivity index (χ1) is 13.4. The lowest BCUT2D eigenvalue weighted by Crippen LogP contribution is -2.31. The number of nitrogens with zero attached hydrogens (tertiary/aromatic N) is 2. The van der Waals surface area contributed by atoms with Gasteiger partial charge in [0, 0.05) is 29.6 Å². The van der Waals surface area contributed by atoms with Gasteiger partial charge in [0.15, 0.2) is 16.7 Å². The molecule has 2 heterocycles. The lowest BCUT2D eigenvalue weighted by atomic mass is 9.90. The van der Waals surface area contributed by atoms with Gasteiger partial charge in [0.05, 0.1) is 5.69 Å². The maximum absolute atomic E-state index is 13.5. The summed E-state index contributed by atoms with van der Waals surface area (Å²) in [6, 6.07) is 10.5. The van der Waals surface area contributed by atoms with E-state index in [1.165, 1.54) is 12.1 Å². The second kappa shape index (κ2) is 6.29. The van der Waals surface area contributed by atoms with Crippen LogP contribution in [0.5, 0.6) is 11.5 Å². The van der Waals surface area contributed by atoms with E-state index in [0.29, 0.717) is 5.02 Å². The van der Waals surface area contributed by atoms with Crippen molar-refractivity contribution in [3.8, 4) is 11.5 Å². The van der Waals surface area contributed by atoms with E-state index in [9.17, 15) is 4.39 Å². The van der Waals surface area contributed by atoms with E-state index in [1.807, 2.05) is 30.5 Å². The van der Waals surface area contributed by atoms with Crippen LogP contribution < -0.4 is 9.47 Å². The van der Waals surface area contributed by atoms with E-state index in [4.69, 9.17) is 26.1 Å². The molecule has 7 heteroatoms. The molecule has 0 spiro atoms. The number of hydrogen-bond acceptors (Lipinski definition) is 4. The van der Waals surface area contributed by atoms with Crippen LogP contribution in [0.25, 0.3) is 0 Å². The molecule has 2 atom stereocenters. The largest absolute Gasteiger partial charge is 0.454 e. The molecule has 2 aromatic rings. The molecule has 0 radical (unpaired) electrons. The molecule has 1 aliphatic carbocycles. The van der Waals surface area contributed by atoms with Crippen LogP contribution in [0.2, 0.25) is 5.02 Å². The van der Waals surface area contributed by atoms with Crippen LogP contribution in [0.15, 0.2) is 41.4 Å². The summed E-state index contributed by atoms with van der Waals surface area (Å²) in [7, 11) is 0. The third-order valence-corrected chi connectivity index (χ3v) is 7.23. The summed E-state index contributed by atoms with van der Waals surface area (Å²) in [6.07, 6.45) is 3.10. The Morgan fingerprint density at radius 2 is 2.00 bits per heavy atom. The summed E-state index contributed by atoms with van der Waals surface area (Å²) < 4.78 is 24.4. The SMILES string of the molecule is CSC(=Nc1ccc2c(c1)OCO2)N1CC2(c3ccc(F)cc3Cl)C[C@]2(C)C1. The average Bonchev–Trinajstić information content (AvgIpc) is 2.98. The molecule has 3 aliphatic rings. The summed E-state index contributed by atoms with van der Waals surface area (Å²) in [5, 5.41) is 1.48. The summed E-state index contributed by atoms with van der Waals surface area (Å²) >= 11 is 8.04. The molecule has 2 fully saturated rings. The third kappa shape index (κ3) is 2.69. The van der Waals surface area contributed by atoms with Crippen LogP contribution in [-0.4, -0.2) is 36.2 Å². The summed E-state index contributed by atoms with van der Waals surface area (Å²) in [5.41, 5.74) is 1.97. The molecule has 1 saturated carbocycles. The van der Waals surface area contributed by atoms with Crippen LogP contribution in [0.4, 0.5) is 10.1 Å². The van der Waals surface area contributed by atoms with Crippen LogP contribution in [0.1, 0.15) is 18.9 Å². The highest BCUT2D eigenvalue weighted by atomic mass is 35.5. The van der Waals surface area contributed by atoms with Crippen molar-refractivity contribution in [2.75, 3.05) is 26.1 Å². The number of rotatable bonds is 2. The van der Waals surface area contributed by atoms with Gasteiger partial charge in [-0.1, -0.05) is 36.4 Å². The number of amidine groups is 1. The molecule has 146 valence electrons. The molecule has 5 rings (SSSR count). The van der Waals surface area contributed by atoms with Crippen molar-refractivity contribution in [2.24, 2.45) is 10.4 Å². The Balaban J connectivity index is 1.44. The average molecular weight is 419 g/mol. The molecule has 0 aromatic heterocycles. The van der Waals surface area contributed by atoms with E-state index in [0.717, 1.165) is 47.4 Å². The molecular formula is C21H20ClFN2O2S. The highest BCUT2D eigenvalue weighted by molar-refractivity contribution is 8.13. The topological polar surface area (TPSA) is 34.1 Å². The fourth-order valence-electron chi connectivity index (χ4n) is 4.71. The molecule has 2 aromatic carbocycles. The van der Waals surface area contributed by atoms with Crippen molar-refractivity contribution in [1.29, 1.82) is 0 Å². The first-order valence-electron chi connectivity index (χ1n) is 9.17. The lowest BCUT2D eigenvalue weighted by Gasteiger charge is -2.24. The van der Waals surface area contributed by atoms with Gasteiger partial charge in [-0.05, 0) is 47.9 Å². The first-order valence-corrected chi connectivity index (χ1v) is 10.8. The number of thioether (sulfide) groups is 1. The standard InChI is InChI=1S/C21H20ClFN2O2S/c1-20-9-21(20,15-5-3-13(23)7-16(15)22)11-25(10-20)19(28-2)24-14-4-6-17-18(8-14)27-12-26-17/h3-8H,9-12H2,1-2H3/t20-,21?/m1/s1. The summed E-state index contributed by atoms with van der Waals surface area (Å²) in [5.74, 6) is 1.19. The van der Waals surface area contributed by atoms with Crippen molar-refractivity contribution in [1.82, 2.24) is 4.90 Å². The Hall–Kier alpha value is -1.92. The van der Waals surface area contributed by atoms with Gasteiger partial charge in [-0.2, -0.15) is 0 Å². The normalized spacial score (nSPS) is 27.9. The van der Waals surface area contributed by atoms with E-state index >= 15 is 0 Å². The highest BCUT2D eigenvalue weighted by Gasteiger charge is 2.70. The molecule has 1 unspecified atom stereocenters. The molecule has 0 bridgehead atoms. The molecule has 28 heavy (non-hydrogen) atoms. The van der Waals surface area contributed by atoms with Gasteiger partial charge in [-0.25, -0.2) is 9.38 Å². The quantitative estimate of drug-likeness (QED) is 0.494. The molecule has 4 nitrogen and oxygen atoms in total. The zero-order chi connectivity index (χ0) is 19.5. The van der Waals surface area contributed by atoms with Crippen molar-refractivity contribution < 1.29 is 13.9 Å². The Morgan fingerprint density at radius 1 is 1.18 bits per heavy atom. The van der Waals surface area contributed by atoms with Gasteiger partial charge in [0.2, 0.25) is 6.79 Å². The van der Waals surface area contributed by atoms with Gasteiger partial charge in [0.25, 0.3) is 0 Å². The van der Waals surface area contributed by atoms with Gasteiger partial charge in [-0.15, -0.1) is 0 Å². The molecular weight excluding hydrogens is 399 g/mol. The number of ether oxygens (including phenoxy) is 2. The fraction of sp³-hybridized carbons (Fsp3) is 0.381. The Bertz CT molecular complexity index is 1000. The van der Waals surface area contributed by atoms with E-state index in [-0.39, 0.29) is 23.4 Å². The Labute approximate surface area is 172 Å². The number of halogens is 2. The van der Waals surface area contributed by atoms with Crippen molar-refractivity contribution in [2.45, 2.75) is 18.8 Å². The molecule has 1 saturated heterocycles. The lowest BCUT2D eigenvalue weighted by molar-refractivity contribution is 0.174. The summed E-state index contributed by atoms with van der Waals surface area (Å²) in [6.45, 7) is 4.28. The van der Waals surface area contributed by atoms with Crippen LogP contribution in [0, 0.1) is 11.2 Å². The minimum Gasteiger partial charge on any atom is -0.454 e. The number of aliphatic imine (C=N–C) groups is 1. The monoisotopic (exact) mass is 418 g/mol. The van der Waals surface area contributed by atoms with Crippen molar-refractivity contribution in [3.05, 3.63) is 52.8 Å². The minimum atomic E-state index is -0.295. The smallest absolute Gasteiger partial charge is 0.231 e. The first kappa shape index (κ1) is 18.1. The Morgan fingerprint density at radius 3 is 2.79 bits per heavy atom. The number of fused-ring (bicyclic) bond motifs is 2. The fourth-order valence-corrected chi connectivity index (χ4v) is 5.64. The second-order valence-electron chi connectivity index (χ2n) is 7.94. The maximum atomic E-state index is 13.5. The van der Waals surface area contributed by atoms with Gasteiger partial charge in [0.1, 0.15) is 5.82 Å². The van der Waals surface area contributed by atoms with E-state index in [1.54, 1.807) is 11.8 Å². The molecule has 2 aliphatic heterocycles. The zero-order valence-corrected chi connectivity index (χ0v) is 17.2. The van der Waals surface area contributed by atoms with Crippen molar-refractivity contribution >= 4 is 34.2 Å².